The molecule has 0 unspecified atom stereocenters. The monoisotopic (exact) mass is 505 g/mol. The maximum Gasteiger partial charge on any atom is 0.298 e. The SMILES string of the molecule is [2H]C([2H])([2H])N1CN(c2cccc(C(F)(F)c3ccc4c5ccccc5n(-c5ccccn5)c4c3)c2)c2ccccc21. The number of hydrogen-bond acceptors (Lipinski definition) is 3. The minimum Gasteiger partial charge on any atom is -0.355 e. The molecular weight excluding hydrogens is 478 g/mol. The molecule has 0 radical (unpaired) electrons. The predicted octanol–water partition coefficient (Wildman–Crippen LogP) is 7.86. The van der Waals surface area contributed by atoms with E-state index in [1.54, 1.807) is 47.5 Å². The van der Waals surface area contributed by atoms with E-state index in [-0.39, 0.29) is 17.8 Å². The zero-order chi connectivity index (χ0) is 28.4. The number of anilines is 3. The Balaban J connectivity index is 1.33. The lowest BCUT2D eigenvalue weighted by molar-refractivity contribution is 0.0430. The molecule has 1 aliphatic heterocycles. The van der Waals surface area contributed by atoms with Crippen molar-refractivity contribution >= 4 is 38.9 Å². The highest BCUT2D eigenvalue weighted by Crippen LogP contribution is 2.43. The molecule has 0 saturated heterocycles. The number of nitrogens with zero attached hydrogens (tertiary/aromatic N) is 4. The minimum absolute atomic E-state index is 0.0288. The van der Waals surface area contributed by atoms with E-state index in [0.717, 1.165) is 16.3 Å². The molecule has 6 heteroatoms. The molecule has 0 saturated carbocycles. The third-order valence-corrected chi connectivity index (χ3v) is 7.18. The fourth-order valence-electron chi connectivity index (χ4n) is 5.37. The molecule has 4 nitrogen and oxygen atoms in total. The Morgan fingerprint density at radius 3 is 2.34 bits per heavy atom. The molecule has 38 heavy (non-hydrogen) atoms. The van der Waals surface area contributed by atoms with Crippen LogP contribution in [0.15, 0.2) is 115 Å². The largest absolute Gasteiger partial charge is 0.355 e. The molecule has 0 bridgehead atoms. The average molecular weight is 506 g/mol. The lowest BCUT2D eigenvalue weighted by Crippen LogP contribution is -2.24. The second-order valence-electron chi connectivity index (χ2n) is 9.38. The third-order valence-electron chi connectivity index (χ3n) is 7.18. The normalized spacial score (nSPS) is 14.9. The van der Waals surface area contributed by atoms with Crippen molar-refractivity contribution < 1.29 is 12.9 Å². The Morgan fingerprint density at radius 1 is 0.737 bits per heavy atom. The van der Waals surface area contributed by atoms with E-state index >= 15 is 8.78 Å². The van der Waals surface area contributed by atoms with Crippen LogP contribution in [0.1, 0.15) is 15.2 Å². The van der Waals surface area contributed by atoms with Gasteiger partial charge in [0.15, 0.2) is 0 Å². The van der Waals surface area contributed by atoms with Gasteiger partial charge in [0.2, 0.25) is 0 Å². The second-order valence-corrected chi connectivity index (χ2v) is 9.38. The van der Waals surface area contributed by atoms with Gasteiger partial charge in [0.1, 0.15) is 5.82 Å². The molecule has 6 aromatic rings. The number of rotatable bonds is 4. The Bertz CT molecular complexity index is 1920. The van der Waals surface area contributed by atoms with Crippen molar-refractivity contribution in [2.24, 2.45) is 0 Å². The summed E-state index contributed by atoms with van der Waals surface area (Å²) in [6, 6.07) is 31.4. The molecule has 0 aliphatic carbocycles. The van der Waals surface area contributed by atoms with E-state index in [2.05, 4.69) is 4.98 Å². The lowest BCUT2D eigenvalue weighted by atomic mass is 9.98. The van der Waals surface area contributed by atoms with Crippen LogP contribution in [0.25, 0.3) is 27.6 Å². The molecule has 0 fully saturated rings. The van der Waals surface area contributed by atoms with Crippen LogP contribution in [0.5, 0.6) is 0 Å². The van der Waals surface area contributed by atoms with Gasteiger partial charge in [-0.25, -0.2) is 4.98 Å². The molecule has 0 spiro atoms. The van der Waals surface area contributed by atoms with Crippen molar-refractivity contribution in [2.45, 2.75) is 5.92 Å². The standard InChI is InChI=1S/C32H24F2N4/c1-36-21-37(29-14-5-4-13-28(29)36)24-10-8-9-22(19-24)32(33,34)23-16-17-26-25-11-2-3-12-27(25)38(30(26)20-23)31-15-6-7-18-35-31/h2-20H,21H2,1H3/i1D3. The van der Waals surface area contributed by atoms with Gasteiger partial charge >= 0.3 is 0 Å². The van der Waals surface area contributed by atoms with E-state index in [4.69, 9.17) is 4.11 Å². The number of alkyl halides is 2. The quantitative estimate of drug-likeness (QED) is 0.244. The first-order valence-electron chi connectivity index (χ1n) is 13.8. The van der Waals surface area contributed by atoms with Crippen LogP contribution in [0.3, 0.4) is 0 Å². The van der Waals surface area contributed by atoms with E-state index in [0.29, 0.717) is 28.4 Å². The van der Waals surface area contributed by atoms with Gasteiger partial charge in [-0.2, -0.15) is 8.78 Å². The van der Waals surface area contributed by atoms with Gasteiger partial charge in [-0.3, -0.25) is 4.57 Å². The Labute approximate surface area is 223 Å². The molecule has 0 N–H and O–H groups in total. The molecule has 7 rings (SSSR count). The Kier molecular flexibility index (Phi) is 4.30. The highest BCUT2D eigenvalue weighted by atomic mass is 19.3. The highest BCUT2D eigenvalue weighted by molar-refractivity contribution is 6.09. The molecule has 1 aliphatic rings. The number of fused-ring (bicyclic) bond motifs is 4. The summed E-state index contributed by atoms with van der Waals surface area (Å²) in [6.07, 6.45) is 1.68. The smallest absolute Gasteiger partial charge is 0.298 e. The van der Waals surface area contributed by atoms with Crippen molar-refractivity contribution in [3.8, 4) is 5.82 Å². The van der Waals surface area contributed by atoms with Crippen molar-refractivity contribution in [3.63, 3.8) is 0 Å². The molecular formula is C32H24F2N4. The second kappa shape index (κ2) is 8.42. The summed E-state index contributed by atoms with van der Waals surface area (Å²) in [5.74, 6) is -2.67. The minimum atomic E-state index is -3.32. The van der Waals surface area contributed by atoms with Crippen LogP contribution in [0, 0.1) is 0 Å². The number of para-hydroxylation sites is 3. The van der Waals surface area contributed by atoms with Crippen molar-refractivity contribution in [1.82, 2.24) is 9.55 Å². The van der Waals surface area contributed by atoms with Crippen molar-refractivity contribution in [1.29, 1.82) is 0 Å². The fraction of sp³-hybridized carbons (Fsp3) is 0.0938. The van der Waals surface area contributed by atoms with Gasteiger partial charge < -0.3 is 9.80 Å². The van der Waals surface area contributed by atoms with Gasteiger partial charge in [-0.05, 0) is 48.5 Å². The lowest BCUT2D eigenvalue weighted by Gasteiger charge is -2.23. The van der Waals surface area contributed by atoms with Crippen molar-refractivity contribution in [2.75, 3.05) is 23.4 Å². The first kappa shape index (κ1) is 19.4. The molecule has 186 valence electrons. The summed E-state index contributed by atoms with van der Waals surface area (Å²) < 4.78 is 58.4. The van der Waals surface area contributed by atoms with E-state index in [1.165, 1.54) is 29.2 Å². The maximum atomic E-state index is 16.3. The summed E-state index contributed by atoms with van der Waals surface area (Å²) in [6.45, 7) is -2.34. The zero-order valence-corrected chi connectivity index (χ0v) is 20.2. The van der Waals surface area contributed by atoms with Crippen LogP contribution < -0.4 is 9.80 Å². The molecule has 0 amide bonds. The molecule has 2 aromatic heterocycles. The Hall–Kier alpha value is -4.71. The molecule has 3 heterocycles. The van der Waals surface area contributed by atoms with E-state index in [9.17, 15) is 0 Å². The summed E-state index contributed by atoms with van der Waals surface area (Å²) >= 11 is 0. The van der Waals surface area contributed by atoms with Crippen LogP contribution >= 0.6 is 0 Å². The van der Waals surface area contributed by atoms with Gasteiger partial charge in [0.25, 0.3) is 5.92 Å². The van der Waals surface area contributed by atoms with E-state index < -0.39 is 12.9 Å². The van der Waals surface area contributed by atoms with Crippen LogP contribution in [-0.2, 0) is 5.92 Å². The number of aromatic nitrogens is 2. The first-order valence-corrected chi connectivity index (χ1v) is 12.3. The summed E-state index contributed by atoms with van der Waals surface area (Å²) in [5, 5.41) is 1.81. The summed E-state index contributed by atoms with van der Waals surface area (Å²) in [7, 11) is 0. The number of hydrogen-bond donors (Lipinski definition) is 0. The van der Waals surface area contributed by atoms with Gasteiger partial charge in [0, 0.05) is 44.9 Å². The molecule has 0 atom stereocenters. The number of benzene rings is 4. The topological polar surface area (TPSA) is 24.3 Å². The summed E-state index contributed by atoms with van der Waals surface area (Å²) in [5.41, 5.74) is 2.89. The van der Waals surface area contributed by atoms with Crippen LogP contribution in [-0.4, -0.2) is 23.2 Å². The third kappa shape index (κ3) is 3.37. The maximum absolute atomic E-state index is 16.3. The fourth-order valence-corrected chi connectivity index (χ4v) is 5.37. The number of halogens is 2. The Morgan fingerprint density at radius 2 is 1.50 bits per heavy atom. The molecule has 4 aromatic carbocycles. The zero-order valence-electron chi connectivity index (χ0n) is 23.2. The first-order chi connectivity index (χ1) is 19.7. The van der Waals surface area contributed by atoms with Crippen LogP contribution in [0.2, 0.25) is 0 Å². The van der Waals surface area contributed by atoms with E-state index in [1.807, 2.05) is 53.1 Å². The van der Waals surface area contributed by atoms with Crippen molar-refractivity contribution in [3.05, 3.63) is 127 Å². The highest BCUT2D eigenvalue weighted by Gasteiger charge is 2.36. The summed E-state index contributed by atoms with van der Waals surface area (Å²) in [4.78, 5) is 7.55. The predicted molar refractivity (Wildman–Crippen MR) is 150 cm³/mol. The van der Waals surface area contributed by atoms with Gasteiger partial charge in [-0.15, -0.1) is 0 Å². The number of pyridine rings is 1. The average Bonchev–Trinajstić information content (AvgIpc) is 3.54. The van der Waals surface area contributed by atoms with Gasteiger partial charge in [-0.1, -0.05) is 60.7 Å². The van der Waals surface area contributed by atoms with Crippen LogP contribution in [0.4, 0.5) is 25.8 Å². The van der Waals surface area contributed by atoms with Gasteiger partial charge in [0.05, 0.1) is 29.1 Å².